The highest BCUT2D eigenvalue weighted by Crippen LogP contribution is 2.39. The van der Waals surface area contributed by atoms with Crippen LogP contribution in [0.25, 0.3) is 0 Å². The summed E-state index contributed by atoms with van der Waals surface area (Å²) in [4.78, 5) is 2.45. The average Bonchev–Trinajstić information content (AvgIpc) is 2.82. The minimum Gasteiger partial charge on any atom is -0.378 e. The van der Waals surface area contributed by atoms with Crippen molar-refractivity contribution in [1.82, 2.24) is 0 Å². The Morgan fingerprint density at radius 2 is 2.12 bits per heavy atom. The maximum atomic E-state index is 5.90. The summed E-state index contributed by atoms with van der Waals surface area (Å²) >= 11 is 0. The topological polar surface area (TPSA) is 38.5 Å². The third-order valence-electron chi connectivity index (χ3n) is 3.98. The summed E-state index contributed by atoms with van der Waals surface area (Å²) in [6.45, 7) is 4.48. The summed E-state index contributed by atoms with van der Waals surface area (Å²) in [6, 6.07) is 6.69. The van der Waals surface area contributed by atoms with Crippen LogP contribution in [0.5, 0.6) is 0 Å². The van der Waals surface area contributed by atoms with Crippen molar-refractivity contribution in [2.45, 2.75) is 18.8 Å². The van der Waals surface area contributed by atoms with Gasteiger partial charge in [0, 0.05) is 18.8 Å². The normalized spacial score (nSPS) is 23.8. The summed E-state index contributed by atoms with van der Waals surface area (Å²) in [6.07, 6.45) is 2.41. The van der Waals surface area contributed by atoms with E-state index in [1.807, 2.05) is 0 Å². The van der Waals surface area contributed by atoms with E-state index >= 15 is 0 Å². The molecule has 3 rings (SSSR count). The highest BCUT2D eigenvalue weighted by atomic mass is 16.5. The molecule has 0 saturated carbocycles. The average molecular weight is 232 g/mol. The SMILES string of the molecule is NCC1CCc2cccc(N3CCOCC3)c21. The lowest BCUT2D eigenvalue weighted by Gasteiger charge is -2.31. The van der Waals surface area contributed by atoms with E-state index in [9.17, 15) is 0 Å². The molecular weight excluding hydrogens is 212 g/mol. The van der Waals surface area contributed by atoms with Gasteiger partial charge in [-0.3, -0.25) is 0 Å². The Morgan fingerprint density at radius 1 is 1.29 bits per heavy atom. The molecule has 3 heteroatoms. The minimum atomic E-state index is 0.559. The molecule has 0 radical (unpaired) electrons. The van der Waals surface area contributed by atoms with Crippen LogP contribution >= 0.6 is 0 Å². The molecule has 1 unspecified atom stereocenters. The van der Waals surface area contributed by atoms with E-state index in [0.29, 0.717) is 5.92 Å². The number of anilines is 1. The van der Waals surface area contributed by atoms with Crippen LogP contribution in [-0.2, 0) is 11.2 Å². The van der Waals surface area contributed by atoms with Crippen molar-refractivity contribution in [1.29, 1.82) is 0 Å². The van der Waals surface area contributed by atoms with Crippen LogP contribution in [0.2, 0.25) is 0 Å². The zero-order chi connectivity index (χ0) is 11.7. The maximum Gasteiger partial charge on any atom is 0.0642 e. The van der Waals surface area contributed by atoms with Crippen LogP contribution in [0.3, 0.4) is 0 Å². The largest absolute Gasteiger partial charge is 0.378 e. The van der Waals surface area contributed by atoms with E-state index in [0.717, 1.165) is 32.8 Å². The number of fused-ring (bicyclic) bond motifs is 1. The van der Waals surface area contributed by atoms with E-state index in [1.54, 1.807) is 0 Å². The first-order valence-corrected chi connectivity index (χ1v) is 6.54. The van der Waals surface area contributed by atoms with Gasteiger partial charge in [0.2, 0.25) is 0 Å². The zero-order valence-electron chi connectivity index (χ0n) is 10.2. The van der Waals surface area contributed by atoms with Crippen LogP contribution in [0.1, 0.15) is 23.5 Å². The number of nitrogens with two attached hydrogens (primary N) is 1. The molecule has 3 nitrogen and oxygen atoms in total. The van der Waals surface area contributed by atoms with E-state index in [4.69, 9.17) is 10.5 Å². The van der Waals surface area contributed by atoms with Gasteiger partial charge in [-0.15, -0.1) is 0 Å². The molecule has 0 spiro atoms. The van der Waals surface area contributed by atoms with E-state index in [-0.39, 0.29) is 0 Å². The quantitative estimate of drug-likeness (QED) is 0.840. The van der Waals surface area contributed by atoms with Crippen LogP contribution in [-0.4, -0.2) is 32.8 Å². The van der Waals surface area contributed by atoms with Crippen LogP contribution in [0.4, 0.5) is 5.69 Å². The van der Waals surface area contributed by atoms with Crippen LogP contribution in [0, 0.1) is 0 Å². The van der Waals surface area contributed by atoms with Crippen LogP contribution < -0.4 is 10.6 Å². The molecule has 1 saturated heterocycles. The lowest BCUT2D eigenvalue weighted by Crippen LogP contribution is -2.37. The molecule has 0 aromatic heterocycles. The Bertz CT molecular complexity index is 399. The molecule has 0 amide bonds. The number of nitrogens with zero attached hydrogens (tertiary/aromatic N) is 1. The molecule has 2 N–H and O–H groups in total. The highest BCUT2D eigenvalue weighted by molar-refractivity contribution is 5.60. The Kier molecular flexibility index (Phi) is 3.04. The molecule has 1 aromatic carbocycles. The van der Waals surface area contributed by atoms with Gasteiger partial charge in [0.1, 0.15) is 0 Å². The minimum absolute atomic E-state index is 0.559. The second-order valence-electron chi connectivity index (χ2n) is 4.92. The molecule has 17 heavy (non-hydrogen) atoms. The van der Waals surface area contributed by atoms with Crippen molar-refractivity contribution in [3.05, 3.63) is 29.3 Å². The Balaban J connectivity index is 1.96. The Hall–Kier alpha value is -1.06. The molecule has 1 atom stereocenters. The Morgan fingerprint density at radius 3 is 2.88 bits per heavy atom. The number of hydrogen-bond acceptors (Lipinski definition) is 3. The van der Waals surface area contributed by atoms with Gasteiger partial charge in [-0.25, -0.2) is 0 Å². The van der Waals surface area contributed by atoms with Gasteiger partial charge in [-0.1, -0.05) is 12.1 Å². The lowest BCUT2D eigenvalue weighted by molar-refractivity contribution is 0.122. The fraction of sp³-hybridized carbons (Fsp3) is 0.571. The molecule has 1 aliphatic heterocycles. The van der Waals surface area contributed by atoms with Crippen molar-refractivity contribution in [2.24, 2.45) is 5.73 Å². The summed E-state index contributed by atoms with van der Waals surface area (Å²) < 4.78 is 5.43. The van der Waals surface area contributed by atoms with Crippen molar-refractivity contribution in [2.75, 3.05) is 37.7 Å². The molecule has 92 valence electrons. The number of benzene rings is 1. The monoisotopic (exact) mass is 232 g/mol. The van der Waals surface area contributed by atoms with Gasteiger partial charge in [-0.2, -0.15) is 0 Å². The first kappa shape index (κ1) is 11.1. The lowest BCUT2D eigenvalue weighted by atomic mass is 9.98. The Labute approximate surface area is 103 Å². The zero-order valence-corrected chi connectivity index (χ0v) is 10.2. The summed E-state index contributed by atoms with van der Waals surface area (Å²) in [5.74, 6) is 0.559. The van der Waals surface area contributed by atoms with Gasteiger partial charge in [-0.05, 0) is 42.5 Å². The molecule has 1 fully saturated rings. The molecule has 2 aliphatic rings. The molecule has 0 bridgehead atoms. The fourth-order valence-electron chi connectivity index (χ4n) is 3.08. The summed E-state index contributed by atoms with van der Waals surface area (Å²) in [5, 5.41) is 0. The maximum absolute atomic E-state index is 5.90. The second-order valence-corrected chi connectivity index (χ2v) is 4.92. The number of morpholine rings is 1. The van der Waals surface area contributed by atoms with Gasteiger partial charge >= 0.3 is 0 Å². The highest BCUT2D eigenvalue weighted by Gasteiger charge is 2.26. The number of hydrogen-bond donors (Lipinski definition) is 1. The third kappa shape index (κ3) is 1.94. The fourth-order valence-corrected chi connectivity index (χ4v) is 3.08. The first-order valence-electron chi connectivity index (χ1n) is 6.54. The van der Waals surface area contributed by atoms with E-state index in [2.05, 4.69) is 23.1 Å². The predicted octanol–water partition coefficient (Wildman–Crippen LogP) is 1.51. The summed E-state index contributed by atoms with van der Waals surface area (Å²) in [5.41, 5.74) is 10.3. The smallest absolute Gasteiger partial charge is 0.0642 e. The van der Waals surface area contributed by atoms with Gasteiger partial charge < -0.3 is 15.4 Å². The molecule has 1 heterocycles. The predicted molar refractivity (Wildman–Crippen MR) is 69.6 cm³/mol. The number of rotatable bonds is 2. The molecule has 1 aliphatic carbocycles. The standard InChI is InChI=1S/C14H20N2O/c15-10-12-5-4-11-2-1-3-13(14(11)12)16-6-8-17-9-7-16/h1-3,12H,4-10,15H2. The van der Waals surface area contributed by atoms with Gasteiger partial charge in [0.15, 0.2) is 0 Å². The molecular formula is C14H20N2O. The van der Waals surface area contributed by atoms with E-state index in [1.165, 1.54) is 29.7 Å². The van der Waals surface area contributed by atoms with E-state index < -0.39 is 0 Å². The van der Waals surface area contributed by atoms with Gasteiger partial charge in [0.25, 0.3) is 0 Å². The first-order chi connectivity index (χ1) is 8.40. The van der Waals surface area contributed by atoms with Gasteiger partial charge in [0.05, 0.1) is 13.2 Å². The molecule has 1 aromatic rings. The number of ether oxygens (including phenoxy) is 1. The van der Waals surface area contributed by atoms with Crippen molar-refractivity contribution in [3.63, 3.8) is 0 Å². The summed E-state index contributed by atoms with van der Waals surface area (Å²) in [7, 11) is 0. The van der Waals surface area contributed by atoms with Crippen molar-refractivity contribution >= 4 is 5.69 Å². The van der Waals surface area contributed by atoms with Crippen LogP contribution in [0.15, 0.2) is 18.2 Å². The third-order valence-corrected chi connectivity index (χ3v) is 3.98. The van der Waals surface area contributed by atoms with Crippen molar-refractivity contribution < 1.29 is 4.74 Å². The number of aryl methyl sites for hydroxylation is 1. The van der Waals surface area contributed by atoms with Crippen molar-refractivity contribution in [3.8, 4) is 0 Å². The second kappa shape index (κ2) is 4.67.